The molecule has 0 aliphatic carbocycles. The second kappa shape index (κ2) is 11.3. The Morgan fingerprint density at radius 3 is 2.65 bits per heavy atom. The summed E-state index contributed by atoms with van der Waals surface area (Å²) in [4.78, 5) is 44.7. The van der Waals surface area contributed by atoms with Gasteiger partial charge in [-0.15, -0.1) is 4.80 Å². The van der Waals surface area contributed by atoms with E-state index in [1.54, 1.807) is 18.9 Å². The molecule has 13 heteroatoms. The predicted molar refractivity (Wildman–Crippen MR) is 148 cm³/mol. The van der Waals surface area contributed by atoms with Gasteiger partial charge in [-0.05, 0) is 44.4 Å². The van der Waals surface area contributed by atoms with E-state index in [-0.39, 0.29) is 12.5 Å². The summed E-state index contributed by atoms with van der Waals surface area (Å²) in [6.45, 7) is 4.58. The molecule has 212 valence electrons. The van der Waals surface area contributed by atoms with Gasteiger partial charge in [-0.25, -0.2) is 13.8 Å². The van der Waals surface area contributed by atoms with Crippen LogP contribution >= 0.6 is 11.3 Å². The molecular weight excluding hydrogens is 539 g/mol. The fraction of sp³-hybridized carbons (Fsp3) is 0.444. The van der Waals surface area contributed by atoms with E-state index in [4.69, 9.17) is 9.47 Å². The number of hydrogen-bond donors (Lipinski definition) is 0. The maximum Gasteiger partial charge on any atom is 0.332 e. The summed E-state index contributed by atoms with van der Waals surface area (Å²) < 4.78 is 28.6. The highest BCUT2D eigenvalue weighted by molar-refractivity contribution is 7.21. The van der Waals surface area contributed by atoms with E-state index in [2.05, 4.69) is 10.2 Å². The molecule has 2 atom stereocenters. The number of aryl methyl sites for hydroxylation is 1. The summed E-state index contributed by atoms with van der Waals surface area (Å²) >= 11 is 1.20. The number of benzene rings is 1. The Labute approximate surface area is 233 Å². The number of hydrogen-bond acceptors (Lipinski definition) is 8. The third-order valence-corrected chi connectivity index (χ3v) is 8.45. The number of likely N-dealkylation sites (N-methyl/N-ethyl adjacent to an activating group) is 1. The summed E-state index contributed by atoms with van der Waals surface area (Å²) in [7, 11) is 3.15. The van der Waals surface area contributed by atoms with Crippen LogP contribution in [0.1, 0.15) is 49.5 Å². The fourth-order valence-corrected chi connectivity index (χ4v) is 6.39. The summed E-state index contributed by atoms with van der Waals surface area (Å²) in [5.41, 5.74) is -0.140. The second-order valence-electron chi connectivity index (χ2n) is 9.76. The van der Waals surface area contributed by atoms with Crippen LogP contribution < -0.4 is 16.0 Å². The highest BCUT2D eigenvalue weighted by atomic mass is 32.1. The lowest BCUT2D eigenvalue weighted by Gasteiger charge is -2.30. The Morgan fingerprint density at radius 2 is 1.95 bits per heavy atom. The molecule has 3 aromatic heterocycles. The molecule has 5 rings (SSSR count). The van der Waals surface area contributed by atoms with Gasteiger partial charge >= 0.3 is 5.69 Å². The number of likely N-dealkylation sites (tertiary alicyclic amines) is 1. The van der Waals surface area contributed by atoms with Crippen LogP contribution in [0.15, 0.2) is 40.2 Å². The number of rotatable bonds is 9. The third kappa shape index (κ3) is 4.83. The number of halogens is 1. The van der Waals surface area contributed by atoms with Crippen LogP contribution in [0.5, 0.6) is 5.75 Å². The lowest BCUT2D eigenvalue weighted by molar-refractivity contribution is -0.136. The van der Waals surface area contributed by atoms with Crippen LogP contribution in [0, 0.1) is 12.7 Å². The standard InChI is InChI=1S/C27H31FN6O5S/c1-5-13-39-21(18-14-17(28)8-9-20(18)38-4)15-32-26-22(16(2)25(40-26)34-29-10-11-30-34)24(36)33(27(32)37)19-7-6-12-31(3)23(19)35/h8-11,14,19,21H,5-7,12-13,15H2,1-4H3/t19?,21-/m0/s1. The lowest BCUT2D eigenvalue weighted by Crippen LogP contribution is -2.49. The van der Waals surface area contributed by atoms with Gasteiger partial charge in [-0.2, -0.15) is 10.2 Å². The van der Waals surface area contributed by atoms with E-state index in [0.717, 1.165) is 4.57 Å². The number of fused-ring (bicyclic) bond motifs is 1. The largest absolute Gasteiger partial charge is 0.496 e. The molecule has 4 aromatic rings. The predicted octanol–water partition coefficient (Wildman–Crippen LogP) is 3.22. The first kappa shape index (κ1) is 27.7. The maximum absolute atomic E-state index is 14.4. The quantitative estimate of drug-likeness (QED) is 0.304. The molecule has 40 heavy (non-hydrogen) atoms. The summed E-state index contributed by atoms with van der Waals surface area (Å²) in [6, 6.07) is 3.20. The molecule has 0 radical (unpaired) electrons. The van der Waals surface area contributed by atoms with Crippen LogP contribution in [-0.4, -0.2) is 62.2 Å². The SMILES string of the molecule is CCCO[C@@H](Cn1c(=O)n(C2CCCN(C)C2=O)c(=O)c2c(C)c(-n3nccn3)sc21)c1cc(F)ccc1OC. The van der Waals surface area contributed by atoms with Crippen molar-refractivity contribution in [2.45, 2.75) is 51.8 Å². The third-order valence-electron chi connectivity index (χ3n) is 7.17. The molecule has 1 aliphatic rings. The Bertz CT molecular complexity index is 1660. The van der Waals surface area contributed by atoms with Crippen LogP contribution in [-0.2, 0) is 16.1 Å². The average molecular weight is 571 g/mol. The smallest absolute Gasteiger partial charge is 0.332 e. The molecule has 1 fully saturated rings. The van der Waals surface area contributed by atoms with Crippen molar-refractivity contribution < 1.29 is 18.7 Å². The molecule has 0 N–H and O–H groups in total. The minimum atomic E-state index is -0.932. The molecule has 1 unspecified atom stereocenters. The molecule has 1 saturated heterocycles. The normalized spacial score (nSPS) is 16.6. The molecule has 0 spiro atoms. The molecule has 1 aromatic carbocycles. The number of aromatic nitrogens is 5. The van der Waals surface area contributed by atoms with Gasteiger partial charge in [0, 0.05) is 31.3 Å². The van der Waals surface area contributed by atoms with E-state index >= 15 is 0 Å². The van der Waals surface area contributed by atoms with E-state index < -0.39 is 29.2 Å². The number of piperidine rings is 1. The summed E-state index contributed by atoms with van der Waals surface area (Å²) in [5.74, 6) is -0.352. The Balaban J connectivity index is 1.77. The Kier molecular flexibility index (Phi) is 7.86. The number of amides is 1. The lowest BCUT2D eigenvalue weighted by atomic mass is 10.0. The first-order valence-corrected chi connectivity index (χ1v) is 13.9. The van der Waals surface area contributed by atoms with Crippen molar-refractivity contribution in [3.63, 3.8) is 0 Å². The van der Waals surface area contributed by atoms with Gasteiger partial charge in [0.05, 0.1) is 31.4 Å². The first-order chi connectivity index (χ1) is 19.3. The zero-order valence-electron chi connectivity index (χ0n) is 22.8. The number of carbonyl (C=O) groups is 1. The van der Waals surface area contributed by atoms with Gasteiger partial charge in [0.2, 0.25) is 5.91 Å². The summed E-state index contributed by atoms with van der Waals surface area (Å²) in [6.07, 6.45) is 3.98. The van der Waals surface area contributed by atoms with Crippen LogP contribution in [0.4, 0.5) is 4.39 Å². The summed E-state index contributed by atoms with van der Waals surface area (Å²) in [5, 5.41) is 9.31. The maximum atomic E-state index is 14.4. The van der Waals surface area contributed by atoms with E-state index in [9.17, 15) is 18.8 Å². The number of thiophene rings is 1. The highest BCUT2D eigenvalue weighted by Crippen LogP contribution is 2.34. The van der Waals surface area contributed by atoms with Gasteiger partial charge < -0.3 is 14.4 Å². The Hall–Kier alpha value is -3.84. The molecule has 0 saturated carbocycles. The van der Waals surface area contributed by atoms with Crippen molar-refractivity contribution in [3.05, 3.63) is 68.4 Å². The fourth-order valence-electron chi connectivity index (χ4n) is 5.17. The van der Waals surface area contributed by atoms with E-state index in [1.807, 2.05) is 6.92 Å². The number of ether oxygens (including phenoxy) is 2. The van der Waals surface area contributed by atoms with Crippen molar-refractivity contribution in [1.82, 2.24) is 29.0 Å². The molecular formula is C27H31FN6O5S. The molecule has 4 heterocycles. The zero-order chi connectivity index (χ0) is 28.6. The van der Waals surface area contributed by atoms with Crippen molar-refractivity contribution in [2.75, 3.05) is 27.3 Å². The van der Waals surface area contributed by atoms with Gasteiger partial charge in [0.15, 0.2) is 0 Å². The first-order valence-electron chi connectivity index (χ1n) is 13.1. The van der Waals surface area contributed by atoms with Crippen molar-refractivity contribution in [3.8, 4) is 10.8 Å². The van der Waals surface area contributed by atoms with E-state index in [1.165, 1.54) is 58.4 Å². The average Bonchev–Trinajstić information content (AvgIpc) is 3.59. The minimum absolute atomic E-state index is 0.0435. The van der Waals surface area contributed by atoms with Crippen molar-refractivity contribution in [1.29, 1.82) is 0 Å². The Morgan fingerprint density at radius 1 is 1.20 bits per heavy atom. The molecule has 1 amide bonds. The number of methoxy groups -OCH3 is 1. The van der Waals surface area contributed by atoms with Gasteiger partial charge in [-0.3, -0.25) is 14.2 Å². The number of carbonyl (C=O) groups excluding carboxylic acids is 1. The second-order valence-corrected chi connectivity index (χ2v) is 10.7. The van der Waals surface area contributed by atoms with Gasteiger partial charge in [-0.1, -0.05) is 18.3 Å². The topological polar surface area (TPSA) is 113 Å². The number of nitrogens with zero attached hydrogens (tertiary/aromatic N) is 6. The monoisotopic (exact) mass is 570 g/mol. The van der Waals surface area contributed by atoms with Crippen LogP contribution in [0.25, 0.3) is 15.2 Å². The molecule has 0 bridgehead atoms. The van der Waals surface area contributed by atoms with Gasteiger partial charge in [0.1, 0.15) is 33.5 Å². The van der Waals surface area contributed by atoms with Gasteiger partial charge in [0.25, 0.3) is 5.56 Å². The van der Waals surface area contributed by atoms with Crippen molar-refractivity contribution in [2.24, 2.45) is 0 Å². The highest BCUT2D eigenvalue weighted by Gasteiger charge is 2.33. The van der Waals surface area contributed by atoms with Crippen molar-refractivity contribution >= 4 is 27.5 Å². The minimum Gasteiger partial charge on any atom is -0.496 e. The molecule has 11 nitrogen and oxygen atoms in total. The zero-order valence-corrected chi connectivity index (χ0v) is 23.6. The van der Waals surface area contributed by atoms with Crippen LogP contribution in [0.3, 0.4) is 0 Å². The van der Waals surface area contributed by atoms with Crippen LogP contribution in [0.2, 0.25) is 0 Å². The molecule has 1 aliphatic heterocycles. The van der Waals surface area contributed by atoms with E-state index in [0.29, 0.717) is 64.5 Å².